The summed E-state index contributed by atoms with van der Waals surface area (Å²) in [6, 6.07) is 18.8. The number of ether oxygens (including phenoxy) is 2. The minimum Gasteiger partial charge on any atom is -0.486 e. The molecule has 0 aliphatic carbocycles. The number of carbonyl (C=O) groups excluding carboxylic acids is 1. The molecule has 1 aliphatic rings. The van der Waals surface area contributed by atoms with Gasteiger partial charge < -0.3 is 14.8 Å². The van der Waals surface area contributed by atoms with Crippen LogP contribution in [-0.2, 0) is 0 Å². The van der Waals surface area contributed by atoms with E-state index in [-0.39, 0.29) is 11.9 Å². The maximum absolute atomic E-state index is 13.3. The van der Waals surface area contributed by atoms with Crippen LogP contribution in [0.25, 0.3) is 22.2 Å². The van der Waals surface area contributed by atoms with Crippen molar-refractivity contribution >= 4 is 16.8 Å². The minimum atomic E-state index is -0.209. The number of rotatable bonds is 4. The van der Waals surface area contributed by atoms with Gasteiger partial charge in [-0.2, -0.15) is 0 Å². The van der Waals surface area contributed by atoms with Crippen molar-refractivity contribution in [2.24, 2.45) is 0 Å². The van der Waals surface area contributed by atoms with E-state index in [1.54, 1.807) is 12.4 Å². The van der Waals surface area contributed by atoms with Crippen molar-refractivity contribution in [2.45, 2.75) is 13.0 Å². The van der Waals surface area contributed by atoms with E-state index in [4.69, 9.17) is 14.5 Å². The van der Waals surface area contributed by atoms with Crippen LogP contribution in [0.15, 0.2) is 73.1 Å². The molecule has 2 aromatic carbocycles. The Bertz CT molecular complexity index is 1260. The molecule has 0 saturated heterocycles. The summed E-state index contributed by atoms with van der Waals surface area (Å²) in [7, 11) is 0. The molecular formula is C25H21N3O3. The van der Waals surface area contributed by atoms with Gasteiger partial charge in [-0.05, 0) is 48.9 Å². The van der Waals surface area contributed by atoms with Crippen molar-refractivity contribution in [2.75, 3.05) is 13.2 Å². The highest BCUT2D eigenvalue weighted by Crippen LogP contribution is 2.33. The number of nitrogens with zero attached hydrogens (tertiary/aromatic N) is 2. The summed E-state index contributed by atoms with van der Waals surface area (Å²) in [5.74, 6) is 1.28. The standard InChI is InChI=1S/C25H21N3O3/c1-16(18-6-7-23-24(14-18)31-13-12-30-23)27-25(29)20-15-22(17-8-10-26-11-9-17)28-21-5-3-2-4-19(20)21/h2-11,14-16H,12-13H2,1H3,(H,27,29). The molecule has 0 bridgehead atoms. The van der Waals surface area contributed by atoms with Crippen LogP contribution in [0, 0.1) is 0 Å². The molecule has 5 rings (SSSR count). The van der Waals surface area contributed by atoms with E-state index < -0.39 is 0 Å². The number of hydrogen-bond donors (Lipinski definition) is 1. The van der Waals surface area contributed by atoms with E-state index in [9.17, 15) is 4.79 Å². The van der Waals surface area contributed by atoms with Gasteiger partial charge >= 0.3 is 0 Å². The molecule has 0 saturated carbocycles. The number of amides is 1. The second-order valence-corrected chi connectivity index (χ2v) is 7.41. The summed E-state index contributed by atoms with van der Waals surface area (Å²) in [4.78, 5) is 22.1. The fourth-order valence-electron chi connectivity index (χ4n) is 3.72. The molecule has 3 heterocycles. The molecule has 1 N–H and O–H groups in total. The number of para-hydroxylation sites is 1. The van der Waals surface area contributed by atoms with E-state index in [2.05, 4.69) is 10.3 Å². The SMILES string of the molecule is CC(NC(=O)c1cc(-c2ccncc2)nc2ccccc12)c1ccc2c(c1)OCCO2. The predicted octanol–water partition coefficient (Wildman–Crippen LogP) is 4.56. The molecular weight excluding hydrogens is 390 g/mol. The van der Waals surface area contributed by atoms with Gasteiger partial charge in [0, 0.05) is 23.3 Å². The van der Waals surface area contributed by atoms with Gasteiger partial charge in [0.2, 0.25) is 0 Å². The largest absolute Gasteiger partial charge is 0.486 e. The Morgan fingerprint density at radius 1 is 0.968 bits per heavy atom. The Morgan fingerprint density at radius 3 is 2.58 bits per heavy atom. The first-order valence-electron chi connectivity index (χ1n) is 10.2. The van der Waals surface area contributed by atoms with Crippen LogP contribution in [0.5, 0.6) is 11.5 Å². The van der Waals surface area contributed by atoms with Gasteiger partial charge in [0.1, 0.15) is 13.2 Å². The lowest BCUT2D eigenvalue weighted by Crippen LogP contribution is -2.27. The molecule has 6 nitrogen and oxygen atoms in total. The third kappa shape index (κ3) is 3.80. The van der Waals surface area contributed by atoms with Crippen LogP contribution in [0.1, 0.15) is 28.9 Å². The zero-order chi connectivity index (χ0) is 21.2. The third-order valence-electron chi connectivity index (χ3n) is 5.35. The first-order chi connectivity index (χ1) is 15.2. The maximum Gasteiger partial charge on any atom is 0.252 e. The number of pyridine rings is 2. The Kier molecular flexibility index (Phi) is 4.96. The molecule has 1 aliphatic heterocycles. The summed E-state index contributed by atoms with van der Waals surface area (Å²) in [5, 5.41) is 3.93. The van der Waals surface area contributed by atoms with E-state index in [0.717, 1.165) is 33.5 Å². The number of nitrogens with one attached hydrogen (secondary N) is 1. The van der Waals surface area contributed by atoms with Crippen LogP contribution >= 0.6 is 0 Å². The zero-order valence-electron chi connectivity index (χ0n) is 17.0. The molecule has 0 spiro atoms. The van der Waals surface area contributed by atoms with Crippen LogP contribution in [0.2, 0.25) is 0 Å². The molecule has 1 atom stereocenters. The van der Waals surface area contributed by atoms with E-state index >= 15 is 0 Å². The normalized spacial score (nSPS) is 13.6. The number of aromatic nitrogens is 2. The van der Waals surface area contributed by atoms with Crippen molar-refractivity contribution < 1.29 is 14.3 Å². The van der Waals surface area contributed by atoms with E-state index in [0.29, 0.717) is 24.5 Å². The lowest BCUT2D eigenvalue weighted by Gasteiger charge is -2.21. The number of carbonyl (C=O) groups is 1. The highest BCUT2D eigenvalue weighted by atomic mass is 16.6. The molecule has 31 heavy (non-hydrogen) atoms. The van der Waals surface area contributed by atoms with Gasteiger partial charge in [-0.15, -0.1) is 0 Å². The first kappa shape index (κ1) is 19.1. The Morgan fingerprint density at radius 2 is 1.74 bits per heavy atom. The zero-order valence-corrected chi connectivity index (χ0v) is 17.0. The first-order valence-corrected chi connectivity index (χ1v) is 10.2. The Balaban J connectivity index is 1.48. The second kappa shape index (κ2) is 8.07. The van der Waals surface area contributed by atoms with Crippen molar-refractivity contribution in [1.82, 2.24) is 15.3 Å². The summed E-state index contributed by atoms with van der Waals surface area (Å²) >= 11 is 0. The monoisotopic (exact) mass is 411 g/mol. The second-order valence-electron chi connectivity index (χ2n) is 7.41. The molecule has 4 aromatic rings. The quantitative estimate of drug-likeness (QED) is 0.533. The fraction of sp³-hybridized carbons (Fsp3) is 0.160. The fourth-order valence-corrected chi connectivity index (χ4v) is 3.72. The average Bonchev–Trinajstić information content (AvgIpc) is 2.83. The van der Waals surface area contributed by atoms with E-state index in [1.807, 2.05) is 67.6 Å². The number of hydrogen-bond acceptors (Lipinski definition) is 5. The topological polar surface area (TPSA) is 73.3 Å². The van der Waals surface area contributed by atoms with Gasteiger partial charge in [0.15, 0.2) is 11.5 Å². The molecule has 1 amide bonds. The van der Waals surface area contributed by atoms with Gasteiger partial charge in [0.05, 0.1) is 22.8 Å². The Hall–Kier alpha value is -3.93. The van der Waals surface area contributed by atoms with Gasteiger partial charge in [-0.3, -0.25) is 9.78 Å². The molecule has 0 fully saturated rings. The van der Waals surface area contributed by atoms with Crippen molar-refractivity contribution in [3.8, 4) is 22.8 Å². The lowest BCUT2D eigenvalue weighted by molar-refractivity contribution is 0.0941. The number of benzene rings is 2. The third-order valence-corrected chi connectivity index (χ3v) is 5.35. The molecule has 1 unspecified atom stereocenters. The summed E-state index contributed by atoms with van der Waals surface area (Å²) < 4.78 is 11.3. The molecule has 0 radical (unpaired) electrons. The van der Waals surface area contributed by atoms with Gasteiger partial charge in [0.25, 0.3) is 5.91 Å². The average molecular weight is 411 g/mol. The van der Waals surface area contributed by atoms with Gasteiger partial charge in [-0.25, -0.2) is 4.98 Å². The van der Waals surface area contributed by atoms with E-state index in [1.165, 1.54) is 0 Å². The smallest absolute Gasteiger partial charge is 0.252 e. The van der Waals surface area contributed by atoms with Crippen molar-refractivity contribution in [1.29, 1.82) is 0 Å². The van der Waals surface area contributed by atoms with Crippen LogP contribution in [0.4, 0.5) is 0 Å². The maximum atomic E-state index is 13.3. The highest BCUT2D eigenvalue weighted by molar-refractivity contribution is 6.07. The number of fused-ring (bicyclic) bond motifs is 2. The van der Waals surface area contributed by atoms with Crippen LogP contribution < -0.4 is 14.8 Å². The summed E-state index contributed by atoms with van der Waals surface area (Å²) in [6.07, 6.45) is 3.44. The summed E-state index contributed by atoms with van der Waals surface area (Å²) in [6.45, 7) is 3.03. The molecule has 6 heteroatoms. The van der Waals surface area contributed by atoms with Crippen molar-refractivity contribution in [3.05, 3.63) is 84.2 Å². The van der Waals surface area contributed by atoms with Gasteiger partial charge in [-0.1, -0.05) is 24.3 Å². The summed E-state index contributed by atoms with van der Waals surface area (Å²) in [5.41, 5.74) is 3.95. The molecule has 2 aromatic heterocycles. The minimum absolute atomic E-state index is 0.156. The molecule has 154 valence electrons. The lowest BCUT2D eigenvalue weighted by atomic mass is 10.0. The predicted molar refractivity (Wildman–Crippen MR) is 118 cm³/mol. The van der Waals surface area contributed by atoms with Crippen LogP contribution in [-0.4, -0.2) is 29.1 Å². The van der Waals surface area contributed by atoms with Crippen LogP contribution in [0.3, 0.4) is 0 Å². The highest BCUT2D eigenvalue weighted by Gasteiger charge is 2.19. The van der Waals surface area contributed by atoms with Crippen molar-refractivity contribution in [3.63, 3.8) is 0 Å². The Labute approximate surface area is 179 Å².